The Morgan fingerprint density at radius 1 is 1.15 bits per heavy atom. The lowest BCUT2D eigenvalue weighted by atomic mass is 10.1. The van der Waals surface area contributed by atoms with E-state index in [1.807, 2.05) is 13.0 Å². The van der Waals surface area contributed by atoms with Crippen LogP contribution in [0.1, 0.15) is 35.7 Å². The van der Waals surface area contributed by atoms with Gasteiger partial charge in [0.2, 0.25) is 0 Å². The van der Waals surface area contributed by atoms with E-state index in [4.69, 9.17) is 23.2 Å². The van der Waals surface area contributed by atoms with Crippen molar-refractivity contribution in [2.75, 3.05) is 5.32 Å². The first-order valence-electron chi connectivity index (χ1n) is 8.22. The maximum atomic E-state index is 12.4. The molecule has 1 atom stereocenters. The molecule has 0 aliphatic rings. The van der Waals surface area contributed by atoms with Crippen molar-refractivity contribution in [2.24, 2.45) is 0 Å². The molecular formula is C19H20Cl2N2O3. The van der Waals surface area contributed by atoms with Gasteiger partial charge in [0.15, 0.2) is 0 Å². The molecule has 0 aliphatic carbocycles. The van der Waals surface area contributed by atoms with Crippen LogP contribution >= 0.6 is 23.2 Å². The van der Waals surface area contributed by atoms with Crippen LogP contribution in [-0.4, -0.2) is 23.0 Å². The summed E-state index contributed by atoms with van der Waals surface area (Å²) >= 11 is 11.9. The number of benzene rings is 2. The molecule has 1 unspecified atom stereocenters. The van der Waals surface area contributed by atoms with Crippen LogP contribution in [-0.2, 0) is 11.3 Å². The third-order valence-corrected chi connectivity index (χ3v) is 4.34. The summed E-state index contributed by atoms with van der Waals surface area (Å²) in [5.74, 6) is -1.21. The third-order valence-electron chi connectivity index (χ3n) is 3.79. The number of rotatable bonds is 8. The van der Waals surface area contributed by atoms with E-state index in [0.29, 0.717) is 29.2 Å². The van der Waals surface area contributed by atoms with Crippen molar-refractivity contribution in [3.8, 4) is 0 Å². The predicted molar refractivity (Wildman–Crippen MR) is 104 cm³/mol. The molecule has 138 valence electrons. The highest BCUT2D eigenvalue weighted by Gasteiger charge is 2.15. The molecule has 1 amide bonds. The van der Waals surface area contributed by atoms with E-state index in [1.54, 1.807) is 30.3 Å². The molecule has 2 aromatic carbocycles. The van der Waals surface area contributed by atoms with Crippen LogP contribution in [0.25, 0.3) is 0 Å². The molecule has 0 saturated carbocycles. The lowest BCUT2D eigenvalue weighted by Crippen LogP contribution is -2.36. The van der Waals surface area contributed by atoms with Crippen LogP contribution in [0.3, 0.4) is 0 Å². The molecule has 2 aromatic rings. The van der Waals surface area contributed by atoms with Crippen LogP contribution in [0, 0.1) is 0 Å². The summed E-state index contributed by atoms with van der Waals surface area (Å²) in [6.07, 6.45) is 1.34. The minimum Gasteiger partial charge on any atom is -0.480 e. The van der Waals surface area contributed by atoms with Gasteiger partial charge in [-0.05, 0) is 42.3 Å². The van der Waals surface area contributed by atoms with Crippen LogP contribution in [0.4, 0.5) is 5.69 Å². The molecule has 0 aliphatic heterocycles. The maximum Gasteiger partial charge on any atom is 0.320 e. The summed E-state index contributed by atoms with van der Waals surface area (Å²) in [6, 6.07) is 11.3. The lowest BCUT2D eigenvalue weighted by Gasteiger charge is -2.14. The van der Waals surface area contributed by atoms with Gasteiger partial charge < -0.3 is 15.7 Å². The third kappa shape index (κ3) is 5.73. The van der Waals surface area contributed by atoms with Crippen LogP contribution < -0.4 is 10.6 Å². The fourth-order valence-electron chi connectivity index (χ4n) is 2.47. The van der Waals surface area contributed by atoms with Crippen molar-refractivity contribution in [3.05, 3.63) is 63.6 Å². The van der Waals surface area contributed by atoms with E-state index in [-0.39, 0.29) is 10.9 Å². The zero-order chi connectivity index (χ0) is 19.1. The second-order valence-electron chi connectivity index (χ2n) is 5.84. The predicted octanol–water partition coefficient (Wildman–Crippen LogP) is 4.59. The lowest BCUT2D eigenvalue weighted by molar-refractivity contribution is -0.139. The summed E-state index contributed by atoms with van der Waals surface area (Å²) < 4.78 is 0. The molecule has 2 rings (SSSR count). The molecule has 0 radical (unpaired) electrons. The van der Waals surface area contributed by atoms with E-state index >= 15 is 0 Å². The van der Waals surface area contributed by atoms with E-state index in [0.717, 1.165) is 12.0 Å². The second-order valence-corrected chi connectivity index (χ2v) is 6.68. The quantitative estimate of drug-likeness (QED) is 0.611. The summed E-state index contributed by atoms with van der Waals surface area (Å²) in [7, 11) is 0. The number of nitrogens with one attached hydrogen (secondary N) is 2. The summed E-state index contributed by atoms with van der Waals surface area (Å²) in [5, 5.41) is 15.7. The van der Waals surface area contributed by atoms with E-state index in [9.17, 15) is 14.7 Å². The molecule has 0 bridgehead atoms. The van der Waals surface area contributed by atoms with Crippen molar-refractivity contribution >= 4 is 40.8 Å². The Balaban J connectivity index is 2.04. The summed E-state index contributed by atoms with van der Waals surface area (Å²) in [5.41, 5.74) is 1.79. The summed E-state index contributed by atoms with van der Waals surface area (Å²) in [4.78, 5) is 23.6. The molecule has 26 heavy (non-hydrogen) atoms. The average Bonchev–Trinajstić information content (AvgIpc) is 2.58. The molecule has 3 N–H and O–H groups in total. The van der Waals surface area contributed by atoms with Crippen molar-refractivity contribution < 1.29 is 14.7 Å². The number of halogens is 2. The second kappa shape index (κ2) is 9.57. The van der Waals surface area contributed by atoms with Gasteiger partial charge in [0.1, 0.15) is 6.04 Å². The van der Waals surface area contributed by atoms with Gasteiger partial charge in [-0.1, -0.05) is 48.7 Å². The smallest absolute Gasteiger partial charge is 0.320 e. The first-order valence-corrected chi connectivity index (χ1v) is 8.97. The number of carboxylic acid groups (broad SMARTS) is 1. The molecule has 0 fully saturated rings. The minimum atomic E-state index is -0.867. The molecule has 0 heterocycles. The molecular weight excluding hydrogens is 375 g/mol. The number of carboxylic acids is 1. The van der Waals surface area contributed by atoms with E-state index < -0.39 is 12.0 Å². The SMILES string of the molecule is CCCC(NCc1cccc(NC(=O)c2ccc(Cl)cc2Cl)c1)C(=O)O. The fourth-order valence-corrected chi connectivity index (χ4v) is 2.97. The Labute approximate surface area is 162 Å². The van der Waals surface area contributed by atoms with Crippen LogP contribution in [0.5, 0.6) is 0 Å². The molecule has 7 heteroatoms. The van der Waals surface area contributed by atoms with E-state index in [1.165, 1.54) is 6.07 Å². The normalized spacial score (nSPS) is 11.8. The molecule has 0 aromatic heterocycles. The number of aliphatic carboxylic acids is 1. The topological polar surface area (TPSA) is 78.4 Å². The van der Waals surface area contributed by atoms with Crippen molar-refractivity contribution in [1.82, 2.24) is 5.32 Å². The largest absolute Gasteiger partial charge is 0.480 e. The molecule has 5 nitrogen and oxygen atoms in total. The number of carbonyl (C=O) groups is 2. The number of anilines is 1. The van der Waals surface area contributed by atoms with Gasteiger partial charge in [-0.2, -0.15) is 0 Å². The van der Waals surface area contributed by atoms with Gasteiger partial charge in [0.25, 0.3) is 5.91 Å². The van der Waals surface area contributed by atoms with Gasteiger partial charge in [-0.25, -0.2) is 0 Å². The van der Waals surface area contributed by atoms with Crippen LogP contribution in [0.2, 0.25) is 10.0 Å². The zero-order valence-corrected chi connectivity index (χ0v) is 15.8. The average molecular weight is 395 g/mol. The monoisotopic (exact) mass is 394 g/mol. The number of hydrogen-bond donors (Lipinski definition) is 3. The first-order chi connectivity index (χ1) is 12.4. The Bertz CT molecular complexity index is 796. The number of hydrogen-bond acceptors (Lipinski definition) is 3. The minimum absolute atomic E-state index is 0.275. The van der Waals surface area contributed by atoms with Gasteiger partial charge >= 0.3 is 5.97 Å². The van der Waals surface area contributed by atoms with Gasteiger partial charge in [-0.15, -0.1) is 0 Å². The highest BCUT2D eigenvalue weighted by atomic mass is 35.5. The Hall–Kier alpha value is -2.08. The fraction of sp³-hybridized carbons (Fsp3) is 0.263. The zero-order valence-electron chi connectivity index (χ0n) is 14.3. The highest BCUT2D eigenvalue weighted by Crippen LogP contribution is 2.22. The van der Waals surface area contributed by atoms with Crippen molar-refractivity contribution in [1.29, 1.82) is 0 Å². The first kappa shape index (κ1) is 20.2. The van der Waals surface area contributed by atoms with Crippen molar-refractivity contribution in [3.63, 3.8) is 0 Å². The van der Waals surface area contributed by atoms with Crippen LogP contribution in [0.15, 0.2) is 42.5 Å². The van der Waals surface area contributed by atoms with Gasteiger partial charge in [-0.3, -0.25) is 9.59 Å². The Morgan fingerprint density at radius 3 is 2.58 bits per heavy atom. The Morgan fingerprint density at radius 2 is 1.92 bits per heavy atom. The highest BCUT2D eigenvalue weighted by molar-refractivity contribution is 6.37. The maximum absolute atomic E-state index is 12.4. The van der Waals surface area contributed by atoms with E-state index in [2.05, 4.69) is 10.6 Å². The van der Waals surface area contributed by atoms with Crippen molar-refractivity contribution in [2.45, 2.75) is 32.4 Å². The standard InChI is InChI=1S/C19H20Cl2N2O3/c1-2-4-17(19(25)26)22-11-12-5-3-6-14(9-12)23-18(24)15-8-7-13(20)10-16(15)21/h3,5-10,17,22H,2,4,11H2,1H3,(H,23,24)(H,25,26). The van der Waals surface area contributed by atoms with Gasteiger partial charge in [0, 0.05) is 17.3 Å². The number of carbonyl (C=O) groups excluding carboxylic acids is 1. The molecule has 0 saturated heterocycles. The number of amides is 1. The summed E-state index contributed by atoms with van der Waals surface area (Å²) in [6.45, 7) is 2.33. The Kier molecular flexibility index (Phi) is 7.45. The van der Waals surface area contributed by atoms with Gasteiger partial charge in [0.05, 0.1) is 10.6 Å². The molecule has 0 spiro atoms.